The number of thioether (sulfide) groups is 1. The quantitative estimate of drug-likeness (QED) is 0.601. The molecule has 0 aliphatic carbocycles. The van der Waals surface area contributed by atoms with Gasteiger partial charge in [-0.3, -0.25) is 4.90 Å². The zero-order valence-electron chi connectivity index (χ0n) is 7.54. The summed E-state index contributed by atoms with van der Waals surface area (Å²) in [5, 5.41) is 4.37. The summed E-state index contributed by atoms with van der Waals surface area (Å²) in [6, 6.07) is 0.874. The Labute approximate surface area is 79.1 Å². The third kappa shape index (κ3) is 2.15. The first kappa shape index (κ1) is 8.85. The molecular weight excluding hydrogens is 168 g/mol. The maximum atomic E-state index is 4.37. The van der Waals surface area contributed by atoms with Crippen LogP contribution in [0, 0.1) is 0 Å². The van der Waals surface area contributed by atoms with Gasteiger partial charge in [-0.25, -0.2) is 5.32 Å². The highest BCUT2D eigenvalue weighted by atomic mass is 32.2. The summed E-state index contributed by atoms with van der Waals surface area (Å²) in [5.41, 5.74) is 0. The van der Waals surface area contributed by atoms with Crippen molar-refractivity contribution in [3.8, 4) is 0 Å². The third-order valence-corrected chi connectivity index (χ3v) is 3.94. The Bertz CT molecular complexity index is 112. The van der Waals surface area contributed by atoms with E-state index in [4.69, 9.17) is 0 Å². The minimum absolute atomic E-state index is 0.874. The van der Waals surface area contributed by atoms with Crippen LogP contribution in [-0.2, 0) is 0 Å². The van der Waals surface area contributed by atoms with Crippen molar-refractivity contribution in [1.82, 2.24) is 10.2 Å². The summed E-state index contributed by atoms with van der Waals surface area (Å²) < 4.78 is 0. The summed E-state index contributed by atoms with van der Waals surface area (Å²) in [4.78, 5) is 2.64. The van der Waals surface area contributed by atoms with E-state index in [-0.39, 0.29) is 0 Å². The van der Waals surface area contributed by atoms with Crippen molar-refractivity contribution in [3.63, 3.8) is 0 Å². The Morgan fingerprint density at radius 3 is 2.75 bits per heavy atom. The van der Waals surface area contributed by atoms with E-state index < -0.39 is 0 Å². The fraction of sp³-hybridized carbons (Fsp3) is 1.00. The predicted octanol–water partition coefficient (Wildman–Crippen LogP) is 0.802. The molecule has 12 heavy (non-hydrogen) atoms. The first-order chi connectivity index (χ1) is 5.97. The molecule has 2 heterocycles. The van der Waals surface area contributed by atoms with E-state index in [1.165, 1.54) is 37.4 Å². The van der Waals surface area contributed by atoms with E-state index >= 15 is 0 Å². The highest BCUT2D eigenvalue weighted by Gasteiger charge is 2.22. The fourth-order valence-corrected chi connectivity index (χ4v) is 3.19. The molecule has 0 bridgehead atoms. The molecule has 1 unspecified atom stereocenters. The Kier molecular flexibility index (Phi) is 3.31. The van der Waals surface area contributed by atoms with Gasteiger partial charge in [0.2, 0.25) is 0 Å². The van der Waals surface area contributed by atoms with Gasteiger partial charge in [-0.2, -0.15) is 11.8 Å². The summed E-state index contributed by atoms with van der Waals surface area (Å²) in [6.07, 6.45) is 2.84. The number of nitrogens with zero attached hydrogens (tertiary/aromatic N) is 2. The lowest BCUT2D eigenvalue weighted by atomic mass is 10.1. The molecule has 3 heteroatoms. The Morgan fingerprint density at radius 1 is 1.25 bits per heavy atom. The minimum Gasteiger partial charge on any atom is -0.297 e. The molecule has 2 nitrogen and oxygen atoms in total. The molecule has 0 spiro atoms. The topological polar surface area (TPSA) is 17.3 Å². The van der Waals surface area contributed by atoms with Gasteiger partial charge in [-0.1, -0.05) is 0 Å². The average molecular weight is 185 g/mol. The normalized spacial score (nSPS) is 33.5. The van der Waals surface area contributed by atoms with Crippen LogP contribution in [0.4, 0.5) is 0 Å². The van der Waals surface area contributed by atoms with Crippen molar-refractivity contribution in [2.24, 2.45) is 0 Å². The van der Waals surface area contributed by atoms with E-state index in [0.717, 1.165) is 19.1 Å². The third-order valence-electron chi connectivity index (χ3n) is 2.74. The van der Waals surface area contributed by atoms with Crippen LogP contribution < -0.4 is 5.32 Å². The Morgan fingerprint density at radius 2 is 2.08 bits per heavy atom. The largest absolute Gasteiger partial charge is 0.297 e. The van der Waals surface area contributed by atoms with Crippen molar-refractivity contribution >= 4 is 11.8 Å². The molecule has 0 aromatic carbocycles. The number of piperazine rings is 1. The molecule has 0 N–H and O–H groups in total. The van der Waals surface area contributed by atoms with Crippen LogP contribution in [0.3, 0.4) is 0 Å². The highest BCUT2D eigenvalue weighted by molar-refractivity contribution is 7.99. The molecule has 0 aromatic heterocycles. The van der Waals surface area contributed by atoms with Crippen LogP contribution in [0.2, 0.25) is 0 Å². The summed E-state index contributed by atoms with van der Waals surface area (Å²) >= 11 is 2.12. The molecule has 0 saturated carbocycles. The van der Waals surface area contributed by atoms with Crippen LogP contribution in [0.15, 0.2) is 0 Å². The molecule has 0 aromatic rings. The molecule has 2 aliphatic heterocycles. The molecule has 1 radical (unpaired) electrons. The summed E-state index contributed by atoms with van der Waals surface area (Å²) in [5.74, 6) is 2.74. The van der Waals surface area contributed by atoms with Crippen LogP contribution in [0.1, 0.15) is 12.8 Å². The van der Waals surface area contributed by atoms with Gasteiger partial charge < -0.3 is 0 Å². The van der Waals surface area contributed by atoms with Crippen LogP contribution in [0.5, 0.6) is 0 Å². The average Bonchev–Trinajstić information content (AvgIpc) is 2.21. The van der Waals surface area contributed by atoms with Crippen molar-refractivity contribution in [1.29, 1.82) is 0 Å². The van der Waals surface area contributed by atoms with Crippen LogP contribution in [0.25, 0.3) is 0 Å². The number of rotatable bonds is 1. The van der Waals surface area contributed by atoms with Crippen molar-refractivity contribution in [2.45, 2.75) is 18.9 Å². The van der Waals surface area contributed by atoms with Crippen molar-refractivity contribution in [3.05, 3.63) is 0 Å². The van der Waals surface area contributed by atoms with Gasteiger partial charge in [0, 0.05) is 38.0 Å². The Balaban J connectivity index is 1.80. The first-order valence-electron chi connectivity index (χ1n) is 4.92. The zero-order valence-corrected chi connectivity index (χ0v) is 8.35. The summed E-state index contributed by atoms with van der Waals surface area (Å²) in [7, 11) is 0. The molecule has 2 rings (SSSR count). The monoisotopic (exact) mass is 185 g/mol. The highest BCUT2D eigenvalue weighted by Crippen LogP contribution is 2.21. The predicted molar refractivity (Wildman–Crippen MR) is 53.8 cm³/mol. The van der Waals surface area contributed by atoms with Gasteiger partial charge in [0.05, 0.1) is 0 Å². The molecule has 0 amide bonds. The zero-order chi connectivity index (χ0) is 8.23. The van der Waals surface area contributed by atoms with E-state index in [1.54, 1.807) is 0 Å². The van der Waals surface area contributed by atoms with Gasteiger partial charge >= 0.3 is 0 Å². The van der Waals surface area contributed by atoms with Crippen LogP contribution >= 0.6 is 11.8 Å². The molecule has 2 aliphatic rings. The molecule has 69 valence electrons. The first-order valence-corrected chi connectivity index (χ1v) is 6.07. The molecular formula is C9H17N2S. The van der Waals surface area contributed by atoms with Crippen molar-refractivity contribution in [2.75, 3.05) is 37.7 Å². The van der Waals surface area contributed by atoms with E-state index in [2.05, 4.69) is 22.0 Å². The maximum absolute atomic E-state index is 4.37. The lowest BCUT2D eigenvalue weighted by Gasteiger charge is -2.36. The van der Waals surface area contributed by atoms with Gasteiger partial charge in [-0.05, 0) is 18.6 Å². The Hall–Kier alpha value is 0.270. The van der Waals surface area contributed by atoms with Crippen LogP contribution in [-0.4, -0.2) is 48.6 Å². The molecule has 2 saturated heterocycles. The second-order valence-electron chi connectivity index (χ2n) is 3.58. The second kappa shape index (κ2) is 4.49. The van der Waals surface area contributed by atoms with Crippen molar-refractivity contribution < 1.29 is 0 Å². The lowest BCUT2D eigenvalue weighted by molar-refractivity contribution is 0.175. The summed E-state index contributed by atoms with van der Waals surface area (Å²) in [6.45, 7) is 4.57. The molecule has 1 atom stereocenters. The van der Waals surface area contributed by atoms with E-state index in [9.17, 15) is 0 Å². The standard InChI is InChI=1S/C9H17N2S/c1-2-9(8-12-7-1)11-5-3-10-4-6-11/h9H,1-8H2. The second-order valence-corrected chi connectivity index (χ2v) is 4.73. The number of hydrogen-bond acceptors (Lipinski definition) is 2. The van der Waals surface area contributed by atoms with Gasteiger partial charge in [-0.15, -0.1) is 0 Å². The molecule has 2 fully saturated rings. The smallest absolute Gasteiger partial charge is 0.0261 e. The van der Waals surface area contributed by atoms with Gasteiger partial charge in [0.1, 0.15) is 0 Å². The number of hydrogen-bond donors (Lipinski definition) is 0. The SMILES string of the molecule is C1CSCC(N2CC[N]CC2)C1. The van der Waals surface area contributed by atoms with E-state index in [0.29, 0.717) is 0 Å². The van der Waals surface area contributed by atoms with E-state index in [1.807, 2.05) is 0 Å². The fourth-order valence-electron chi connectivity index (χ4n) is 2.00. The van der Waals surface area contributed by atoms with Gasteiger partial charge in [0.15, 0.2) is 0 Å². The minimum atomic E-state index is 0.874. The van der Waals surface area contributed by atoms with Gasteiger partial charge in [0.25, 0.3) is 0 Å². The maximum Gasteiger partial charge on any atom is 0.0261 e. The lowest BCUT2D eigenvalue weighted by Crippen LogP contribution is -2.47.